The Balaban J connectivity index is 1.75. The first kappa shape index (κ1) is 31.9. The van der Waals surface area contributed by atoms with Crippen molar-refractivity contribution >= 4 is 50.7 Å². The third kappa shape index (κ3) is 8.27. The Hall–Kier alpha value is -3.07. The maximum Gasteiger partial charge on any atom is 0.244 e. The summed E-state index contributed by atoms with van der Waals surface area (Å²) in [5.74, 6) is -0.773. The molecular weight excluding hydrogens is 593 g/mol. The summed E-state index contributed by atoms with van der Waals surface area (Å²) in [6.45, 7) is 3.30. The predicted molar refractivity (Wildman–Crippen MR) is 169 cm³/mol. The normalized spacial score (nSPS) is 14.4. The van der Waals surface area contributed by atoms with Gasteiger partial charge in [0, 0.05) is 19.0 Å². The van der Waals surface area contributed by atoms with Gasteiger partial charge in [0.25, 0.3) is 0 Å². The number of nitrogens with zero attached hydrogens (tertiary/aromatic N) is 2. The first-order valence-corrected chi connectivity index (χ1v) is 16.7. The fraction of sp³-hybridized carbons (Fsp3) is 0.375. The monoisotopic (exact) mass is 629 g/mol. The fourth-order valence-corrected chi connectivity index (χ4v) is 6.66. The third-order valence-electron chi connectivity index (χ3n) is 7.61. The smallest absolute Gasteiger partial charge is 0.244 e. The van der Waals surface area contributed by atoms with Crippen LogP contribution in [0.3, 0.4) is 0 Å². The van der Waals surface area contributed by atoms with E-state index in [0.29, 0.717) is 21.3 Å². The molecule has 0 aromatic heterocycles. The molecule has 1 fully saturated rings. The number of amides is 2. The van der Waals surface area contributed by atoms with Crippen molar-refractivity contribution in [3.63, 3.8) is 0 Å². The van der Waals surface area contributed by atoms with E-state index >= 15 is 0 Å². The summed E-state index contributed by atoms with van der Waals surface area (Å²) in [6.07, 6.45) is 5.20. The number of nitrogens with one attached hydrogen (secondary N) is 1. The molecule has 0 spiro atoms. The van der Waals surface area contributed by atoms with Crippen molar-refractivity contribution < 1.29 is 18.0 Å². The Morgan fingerprint density at radius 3 is 2.24 bits per heavy atom. The van der Waals surface area contributed by atoms with E-state index in [1.54, 1.807) is 24.3 Å². The molecule has 10 heteroatoms. The topological polar surface area (TPSA) is 86.8 Å². The molecule has 0 bridgehead atoms. The highest BCUT2D eigenvalue weighted by atomic mass is 35.5. The third-order valence-corrected chi connectivity index (χ3v) is 9.48. The van der Waals surface area contributed by atoms with Gasteiger partial charge in [-0.15, -0.1) is 0 Å². The molecule has 2 amide bonds. The largest absolute Gasteiger partial charge is 0.352 e. The molecule has 1 aliphatic carbocycles. The molecule has 0 radical (unpaired) electrons. The molecule has 0 heterocycles. The number of carbonyl (C=O) groups is 2. The number of hydrogen-bond donors (Lipinski definition) is 1. The van der Waals surface area contributed by atoms with E-state index in [-0.39, 0.29) is 24.9 Å². The fourth-order valence-electron chi connectivity index (χ4n) is 5.44. The maximum atomic E-state index is 14.3. The van der Waals surface area contributed by atoms with E-state index in [9.17, 15) is 18.0 Å². The van der Waals surface area contributed by atoms with Gasteiger partial charge in [-0.2, -0.15) is 0 Å². The molecule has 7 nitrogen and oxygen atoms in total. The second-order valence-corrected chi connectivity index (χ2v) is 13.7. The lowest BCUT2D eigenvalue weighted by atomic mass is 10.0. The zero-order chi connectivity index (χ0) is 30.4. The molecule has 3 aromatic rings. The van der Waals surface area contributed by atoms with Gasteiger partial charge in [-0.3, -0.25) is 13.9 Å². The molecular formula is C32H37Cl2N3O4S. The van der Waals surface area contributed by atoms with Gasteiger partial charge in [0.15, 0.2) is 0 Å². The van der Waals surface area contributed by atoms with Crippen LogP contribution in [-0.2, 0) is 32.6 Å². The first-order valence-electron chi connectivity index (χ1n) is 14.0. The number of aryl methyl sites for hydroxylation is 2. The van der Waals surface area contributed by atoms with Crippen LogP contribution in [0.15, 0.2) is 66.7 Å². The average molecular weight is 631 g/mol. The quantitative estimate of drug-likeness (QED) is 0.279. The van der Waals surface area contributed by atoms with Crippen LogP contribution in [0.5, 0.6) is 0 Å². The minimum absolute atomic E-state index is 0.0375. The molecule has 1 unspecified atom stereocenters. The van der Waals surface area contributed by atoms with E-state index in [4.69, 9.17) is 23.2 Å². The second kappa shape index (κ2) is 13.9. The highest BCUT2D eigenvalue weighted by molar-refractivity contribution is 7.92. The van der Waals surface area contributed by atoms with Crippen LogP contribution < -0.4 is 9.62 Å². The first-order chi connectivity index (χ1) is 19.9. The lowest BCUT2D eigenvalue weighted by Crippen LogP contribution is -2.54. The summed E-state index contributed by atoms with van der Waals surface area (Å²) in [4.78, 5) is 29.7. The number of halogens is 2. The van der Waals surface area contributed by atoms with Crippen molar-refractivity contribution in [2.75, 3.05) is 17.1 Å². The summed E-state index contributed by atoms with van der Waals surface area (Å²) in [5.41, 5.74) is 3.67. The van der Waals surface area contributed by atoms with Crippen LogP contribution in [0.1, 0.15) is 47.9 Å². The van der Waals surface area contributed by atoms with E-state index in [0.717, 1.165) is 52.9 Å². The highest BCUT2D eigenvalue weighted by Crippen LogP contribution is 2.27. The van der Waals surface area contributed by atoms with Crippen molar-refractivity contribution in [2.24, 2.45) is 0 Å². The van der Waals surface area contributed by atoms with Crippen LogP contribution in [0.4, 0.5) is 5.69 Å². The molecule has 1 aliphatic rings. The standard InChI is InChI=1S/C32H37Cl2N3O4S/c1-22-13-16-29(23(2)17-22)37(42(3,40)41)21-31(38)36(20-25-14-15-27(33)28(34)18-25)30(19-24-9-5-4-6-10-24)32(39)35-26-11-7-8-12-26/h4-6,9-10,13-18,26,30H,7-8,11-12,19-21H2,1-3H3,(H,35,39). The number of hydrogen-bond acceptors (Lipinski definition) is 4. The zero-order valence-corrected chi connectivity index (χ0v) is 26.5. The molecule has 3 aromatic carbocycles. The number of sulfonamides is 1. The number of carbonyl (C=O) groups excluding carboxylic acids is 2. The van der Waals surface area contributed by atoms with Gasteiger partial charge in [-0.25, -0.2) is 8.42 Å². The maximum absolute atomic E-state index is 14.3. The molecule has 1 atom stereocenters. The average Bonchev–Trinajstić information content (AvgIpc) is 3.44. The van der Waals surface area contributed by atoms with Crippen molar-refractivity contribution in [1.82, 2.24) is 10.2 Å². The number of rotatable bonds is 11. The second-order valence-electron chi connectivity index (χ2n) is 11.0. The number of benzene rings is 3. The summed E-state index contributed by atoms with van der Waals surface area (Å²) < 4.78 is 27.2. The summed E-state index contributed by atoms with van der Waals surface area (Å²) in [5, 5.41) is 3.85. The Labute approximate surface area is 258 Å². The number of anilines is 1. The van der Waals surface area contributed by atoms with Gasteiger partial charge >= 0.3 is 0 Å². The molecule has 0 saturated heterocycles. The van der Waals surface area contributed by atoms with Crippen LogP contribution >= 0.6 is 23.2 Å². The van der Waals surface area contributed by atoms with Crippen LogP contribution in [0, 0.1) is 13.8 Å². The highest BCUT2D eigenvalue weighted by Gasteiger charge is 2.34. The van der Waals surface area contributed by atoms with Gasteiger partial charge in [0.1, 0.15) is 12.6 Å². The van der Waals surface area contributed by atoms with E-state index in [1.807, 2.05) is 56.3 Å². The summed E-state index contributed by atoms with van der Waals surface area (Å²) >= 11 is 12.5. The van der Waals surface area contributed by atoms with Crippen LogP contribution in [-0.4, -0.2) is 50.0 Å². The zero-order valence-electron chi connectivity index (χ0n) is 24.1. The molecule has 4 rings (SSSR count). The summed E-state index contributed by atoms with van der Waals surface area (Å²) in [6, 6.07) is 19.1. The molecule has 1 saturated carbocycles. The van der Waals surface area contributed by atoms with Crippen molar-refractivity contribution in [1.29, 1.82) is 0 Å². The summed E-state index contributed by atoms with van der Waals surface area (Å²) in [7, 11) is -3.84. The lowest BCUT2D eigenvalue weighted by Gasteiger charge is -2.34. The van der Waals surface area contributed by atoms with Crippen LogP contribution in [0.2, 0.25) is 10.0 Å². The molecule has 1 N–H and O–H groups in total. The Morgan fingerprint density at radius 1 is 0.929 bits per heavy atom. The van der Waals surface area contributed by atoms with Gasteiger partial charge in [-0.1, -0.05) is 90.1 Å². The molecule has 0 aliphatic heterocycles. The Bertz CT molecular complexity index is 1530. The Morgan fingerprint density at radius 2 is 1.62 bits per heavy atom. The Kier molecular flexibility index (Phi) is 10.6. The van der Waals surface area contributed by atoms with Crippen molar-refractivity contribution in [2.45, 2.75) is 64.6 Å². The van der Waals surface area contributed by atoms with Crippen molar-refractivity contribution in [3.05, 3.63) is 99.0 Å². The van der Waals surface area contributed by atoms with Gasteiger partial charge in [0.05, 0.1) is 22.0 Å². The van der Waals surface area contributed by atoms with Gasteiger partial charge < -0.3 is 10.2 Å². The SMILES string of the molecule is Cc1ccc(N(CC(=O)N(Cc2ccc(Cl)c(Cl)c2)C(Cc2ccccc2)C(=O)NC2CCCC2)S(C)(=O)=O)c(C)c1. The van der Waals surface area contributed by atoms with Gasteiger partial charge in [-0.05, 0) is 61.6 Å². The van der Waals surface area contributed by atoms with E-state index < -0.39 is 28.5 Å². The lowest BCUT2D eigenvalue weighted by molar-refractivity contribution is -0.140. The van der Waals surface area contributed by atoms with E-state index in [2.05, 4.69) is 5.32 Å². The van der Waals surface area contributed by atoms with Crippen LogP contribution in [0.25, 0.3) is 0 Å². The molecule has 42 heavy (non-hydrogen) atoms. The minimum Gasteiger partial charge on any atom is -0.352 e. The predicted octanol–water partition coefficient (Wildman–Crippen LogP) is 6.08. The molecule has 224 valence electrons. The van der Waals surface area contributed by atoms with E-state index in [1.165, 1.54) is 4.90 Å². The van der Waals surface area contributed by atoms with Crippen molar-refractivity contribution in [3.8, 4) is 0 Å². The minimum atomic E-state index is -3.84. The van der Waals surface area contributed by atoms with Gasteiger partial charge in [0.2, 0.25) is 21.8 Å².